The second-order valence-electron chi connectivity index (χ2n) is 4.68. The summed E-state index contributed by atoms with van der Waals surface area (Å²) in [7, 11) is 0. The SMILES string of the molecule is C/C=C1/CC/C(=C/C(C)(C)C)C1=O. The van der Waals surface area contributed by atoms with Gasteiger partial charge in [-0.1, -0.05) is 32.9 Å². The molecule has 1 aliphatic rings. The predicted octanol–water partition coefficient (Wildman–Crippen LogP) is 3.27. The Balaban J connectivity index is 2.88. The van der Waals surface area contributed by atoms with E-state index in [-0.39, 0.29) is 11.2 Å². The smallest absolute Gasteiger partial charge is 0.184 e. The van der Waals surface area contributed by atoms with Crippen LogP contribution < -0.4 is 0 Å². The molecule has 0 aromatic carbocycles. The number of hydrogen-bond acceptors (Lipinski definition) is 1. The third-order valence-corrected chi connectivity index (χ3v) is 2.20. The van der Waals surface area contributed by atoms with Crippen LogP contribution in [0.3, 0.4) is 0 Å². The van der Waals surface area contributed by atoms with Gasteiger partial charge in [0.15, 0.2) is 5.78 Å². The second-order valence-corrected chi connectivity index (χ2v) is 4.68. The molecule has 0 amide bonds. The van der Waals surface area contributed by atoms with Crippen LogP contribution in [0.2, 0.25) is 0 Å². The van der Waals surface area contributed by atoms with Gasteiger partial charge in [0.1, 0.15) is 0 Å². The van der Waals surface area contributed by atoms with Gasteiger partial charge in [-0.15, -0.1) is 0 Å². The third-order valence-electron chi connectivity index (χ3n) is 2.20. The summed E-state index contributed by atoms with van der Waals surface area (Å²) >= 11 is 0. The van der Waals surface area contributed by atoms with E-state index >= 15 is 0 Å². The van der Waals surface area contributed by atoms with Crippen LogP contribution in [-0.2, 0) is 4.79 Å². The van der Waals surface area contributed by atoms with Gasteiger partial charge in [0.05, 0.1) is 0 Å². The number of carbonyl (C=O) groups excluding carboxylic acids is 1. The average Bonchev–Trinajstić information content (AvgIpc) is 2.30. The fourth-order valence-corrected chi connectivity index (χ4v) is 1.64. The highest BCUT2D eigenvalue weighted by Crippen LogP contribution is 2.29. The van der Waals surface area contributed by atoms with Gasteiger partial charge >= 0.3 is 0 Å². The van der Waals surface area contributed by atoms with Gasteiger partial charge in [0, 0.05) is 0 Å². The van der Waals surface area contributed by atoms with E-state index in [1.54, 1.807) is 0 Å². The molecule has 0 heterocycles. The highest BCUT2D eigenvalue weighted by atomic mass is 16.1. The number of hydrogen-bond donors (Lipinski definition) is 0. The van der Waals surface area contributed by atoms with Crippen molar-refractivity contribution in [3.63, 3.8) is 0 Å². The quantitative estimate of drug-likeness (QED) is 0.520. The first-order valence-electron chi connectivity index (χ1n) is 4.85. The molecule has 0 saturated heterocycles. The number of allylic oxidation sites excluding steroid dienone is 4. The lowest BCUT2D eigenvalue weighted by Gasteiger charge is -2.12. The molecule has 0 bridgehead atoms. The summed E-state index contributed by atoms with van der Waals surface area (Å²) in [4.78, 5) is 11.7. The van der Waals surface area contributed by atoms with E-state index in [0.717, 1.165) is 24.0 Å². The van der Waals surface area contributed by atoms with Crippen molar-refractivity contribution in [3.05, 3.63) is 23.3 Å². The second kappa shape index (κ2) is 3.49. The number of carbonyl (C=O) groups is 1. The summed E-state index contributed by atoms with van der Waals surface area (Å²) in [6.07, 6.45) is 5.89. The van der Waals surface area contributed by atoms with Crippen LogP contribution in [0.15, 0.2) is 23.3 Å². The Labute approximate surface area is 80.5 Å². The maximum Gasteiger partial charge on any atom is 0.184 e. The lowest BCUT2D eigenvalue weighted by Crippen LogP contribution is -2.04. The molecule has 1 nitrogen and oxygen atoms in total. The molecule has 72 valence electrons. The third kappa shape index (κ3) is 2.55. The van der Waals surface area contributed by atoms with Crippen LogP contribution in [0.5, 0.6) is 0 Å². The molecule has 0 spiro atoms. The van der Waals surface area contributed by atoms with Crippen LogP contribution in [0, 0.1) is 5.41 Å². The molecule has 1 rings (SSSR count). The highest BCUT2D eigenvalue weighted by molar-refractivity contribution is 6.10. The van der Waals surface area contributed by atoms with Gasteiger partial charge < -0.3 is 0 Å². The molecule has 0 unspecified atom stereocenters. The molecule has 0 N–H and O–H groups in total. The standard InChI is InChI=1S/C12H18O/c1-5-9-6-7-10(11(9)13)8-12(2,3)4/h5,8H,6-7H2,1-4H3/b9-5-,10-8-. The molecule has 1 aliphatic carbocycles. The summed E-state index contributed by atoms with van der Waals surface area (Å²) < 4.78 is 0. The highest BCUT2D eigenvalue weighted by Gasteiger charge is 2.23. The zero-order chi connectivity index (χ0) is 10.1. The normalized spacial score (nSPS) is 24.8. The lowest BCUT2D eigenvalue weighted by atomic mass is 9.92. The largest absolute Gasteiger partial charge is 0.289 e. The Hall–Kier alpha value is -0.850. The summed E-state index contributed by atoms with van der Waals surface area (Å²) in [5.74, 6) is 0.262. The van der Waals surface area contributed by atoms with E-state index in [1.165, 1.54) is 0 Å². The van der Waals surface area contributed by atoms with E-state index in [0.29, 0.717) is 0 Å². The van der Waals surface area contributed by atoms with Gasteiger partial charge in [0.2, 0.25) is 0 Å². The topological polar surface area (TPSA) is 17.1 Å². The molecule has 0 atom stereocenters. The lowest BCUT2D eigenvalue weighted by molar-refractivity contribution is -0.111. The Morgan fingerprint density at radius 2 is 1.69 bits per heavy atom. The Morgan fingerprint density at radius 1 is 1.15 bits per heavy atom. The number of ketones is 1. The fraction of sp³-hybridized carbons (Fsp3) is 0.583. The zero-order valence-electron chi connectivity index (χ0n) is 8.98. The molecule has 1 saturated carbocycles. The van der Waals surface area contributed by atoms with Crippen molar-refractivity contribution in [3.8, 4) is 0 Å². The molecular formula is C12H18O. The maximum atomic E-state index is 11.7. The molecular weight excluding hydrogens is 160 g/mol. The average molecular weight is 178 g/mol. The van der Waals surface area contributed by atoms with Crippen LogP contribution >= 0.6 is 0 Å². The molecule has 0 aromatic rings. The Morgan fingerprint density at radius 3 is 2.08 bits per heavy atom. The first-order valence-corrected chi connectivity index (χ1v) is 4.85. The molecule has 0 radical (unpaired) electrons. The number of Topliss-reactive ketones (excluding diaryl/α,β-unsaturated/α-hetero) is 1. The Kier molecular flexibility index (Phi) is 2.74. The number of rotatable bonds is 0. The van der Waals surface area contributed by atoms with Crippen molar-refractivity contribution >= 4 is 5.78 Å². The fourth-order valence-electron chi connectivity index (χ4n) is 1.64. The van der Waals surface area contributed by atoms with E-state index in [4.69, 9.17) is 0 Å². The van der Waals surface area contributed by atoms with Gasteiger partial charge in [-0.2, -0.15) is 0 Å². The van der Waals surface area contributed by atoms with Crippen molar-refractivity contribution in [2.24, 2.45) is 5.41 Å². The minimum Gasteiger partial charge on any atom is -0.289 e. The van der Waals surface area contributed by atoms with Crippen molar-refractivity contribution in [2.45, 2.75) is 40.5 Å². The summed E-state index contributed by atoms with van der Waals surface area (Å²) in [5, 5.41) is 0. The van der Waals surface area contributed by atoms with Crippen LogP contribution in [0.1, 0.15) is 40.5 Å². The van der Waals surface area contributed by atoms with Crippen molar-refractivity contribution in [2.75, 3.05) is 0 Å². The molecule has 0 aromatic heterocycles. The van der Waals surface area contributed by atoms with Gasteiger partial charge in [-0.05, 0) is 36.3 Å². The molecule has 0 aliphatic heterocycles. The van der Waals surface area contributed by atoms with Gasteiger partial charge in [0.25, 0.3) is 0 Å². The van der Waals surface area contributed by atoms with E-state index in [9.17, 15) is 4.79 Å². The van der Waals surface area contributed by atoms with E-state index in [2.05, 4.69) is 26.8 Å². The monoisotopic (exact) mass is 178 g/mol. The summed E-state index contributed by atoms with van der Waals surface area (Å²) in [5.41, 5.74) is 2.10. The predicted molar refractivity (Wildman–Crippen MR) is 55.5 cm³/mol. The van der Waals surface area contributed by atoms with Crippen LogP contribution in [-0.4, -0.2) is 5.78 Å². The van der Waals surface area contributed by atoms with E-state index in [1.807, 2.05) is 13.0 Å². The summed E-state index contributed by atoms with van der Waals surface area (Å²) in [6, 6.07) is 0. The first-order chi connectivity index (χ1) is 5.94. The van der Waals surface area contributed by atoms with Crippen molar-refractivity contribution < 1.29 is 4.79 Å². The van der Waals surface area contributed by atoms with Crippen LogP contribution in [0.25, 0.3) is 0 Å². The first kappa shape index (κ1) is 10.2. The minimum absolute atomic E-state index is 0.119. The van der Waals surface area contributed by atoms with Crippen molar-refractivity contribution in [1.29, 1.82) is 0 Å². The van der Waals surface area contributed by atoms with E-state index < -0.39 is 0 Å². The molecule has 1 heteroatoms. The summed E-state index contributed by atoms with van der Waals surface area (Å²) in [6.45, 7) is 8.32. The molecule has 1 fully saturated rings. The maximum absolute atomic E-state index is 11.7. The van der Waals surface area contributed by atoms with Gasteiger partial charge in [-0.25, -0.2) is 0 Å². The Bertz CT molecular complexity index is 274. The van der Waals surface area contributed by atoms with Crippen LogP contribution in [0.4, 0.5) is 0 Å². The zero-order valence-corrected chi connectivity index (χ0v) is 8.98. The van der Waals surface area contributed by atoms with Gasteiger partial charge in [-0.3, -0.25) is 4.79 Å². The van der Waals surface area contributed by atoms with Crippen molar-refractivity contribution in [1.82, 2.24) is 0 Å². The molecule has 13 heavy (non-hydrogen) atoms. The minimum atomic E-state index is 0.119.